The summed E-state index contributed by atoms with van der Waals surface area (Å²) < 4.78 is 0. The maximum atomic E-state index is 13.1. The molecule has 0 aromatic carbocycles. The zero-order valence-electron chi connectivity index (χ0n) is 20.9. The third-order valence-corrected chi connectivity index (χ3v) is 6.28. The molecule has 0 fully saturated rings. The van der Waals surface area contributed by atoms with Crippen molar-refractivity contribution in [3.63, 3.8) is 0 Å². The Kier molecular flexibility index (Phi) is 16.7. The van der Waals surface area contributed by atoms with E-state index < -0.39 is 53.8 Å². The summed E-state index contributed by atoms with van der Waals surface area (Å²) in [5.41, 5.74) is 16.6. The van der Waals surface area contributed by atoms with E-state index in [1.165, 1.54) is 11.8 Å². The Labute approximate surface area is 211 Å². The average Bonchev–Trinajstić information content (AvgIpc) is 2.81. The molecule has 0 aliphatic rings. The van der Waals surface area contributed by atoms with Crippen LogP contribution in [0.4, 0.5) is 0 Å². The number of unbranched alkanes of at least 4 members (excludes halogenated alkanes) is 1. The van der Waals surface area contributed by atoms with Gasteiger partial charge in [-0.2, -0.15) is 11.8 Å². The highest BCUT2D eigenvalue weighted by molar-refractivity contribution is 7.98. The van der Waals surface area contributed by atoms with Crippen molar-refractivity contribution < 1.29 is 29.1 Å². The van der Waals surface area contributed by atoms with Crippen molar-refractivity contribution in [3.8, 4) is 0 Å². The van der Waals surface area contributed by atoms with Crippen molar-refractivity contribution >= 4 is 41.4 Å². The molecule has 10 N–H and O–H groups in total. The molecule has 202 valence electrons. The Bertz CT molecular complexity index is 710. The molecular weight excluding hydrogens is 476 g/mol. The van der Waals surface area contributed by atoms with Gasteiger partial charge in [0.2, 0.25) is 23.6 Å². The van der Waals surface area contributed by atoms with Gasteiger partial charge in [0.05, 0.1) is 6.04 Å². The molecule has 5 unspecified atom stereocenters. The number of thioether (sulfide) groups is 1. The largest absolute Gasteiger partial charge is 0.480 e. The SMILES string of the molecule is CCC(C)C(NC(=O)C(N)CCCCN)C(=O)NC(CCC(N)=O)C(=O)NC(CCSC)C(=O)O. The normalized spacial score (nSPS) is 15.2. The number of carboxylic acids is 1. The van der Waals surface area contributed by atoms with Crippen LogP contribution in [0.5, 0.6) is 0 Å². The molecule has 0 saturated heterocycles. The molecule has 0 rings (SSSR count). The summed E-state index contributed by atoms with van der Waals surface area (Å²) >= 11 is 1.43. The number of primary amides is 1. The number of hydrogen-bond acceptors (Lipinski definition) is 8. The Morgan fingerprint density at radius 3 is 2.06 bits per heavy atom. The predicted molar refractivity (Wildman–Crippen MR) is 135 cm³/mol. The van der Waals surface area contributed by atoms with Gasteiger partial charge in [-0.1, -0.05) is 26.7 Å². The first kappa shape index (κ1) is 32.6. The average molecular weight is 519 g/mol. The number of aliphatic carboxylic acids is 1. The second kappa shape index (κ2) is 18.0. The highest BCUT2D eigenvalue weighted by atomic mass is 32.2. The van der Waals surface area contributed by atoms with E-state index in [9.17, 15) is 29.1 Å². The van der Waals surface area contributed by atoms with Gasteiger partial charge in [0, 0.05) is 6.42 Å². The molecule has 4 amide bonds. The maximum Gasteiger partial charge on any atom is 0.326 e. The van der Waals surface area contributed by atoms with Crippen LogP contribution >= 0.6 is 11.8 Å². The van der Waals surface area contributed by atoms with Crippen LogP contribution < -0.4 is 33.2 Å². The summed E-state index contributed by atoms with van der Waals surface area (Å²) in [5.74, 6) is -3.55. The van der Waals surface area contributed by atoms with Crippen LogP contribution in [0.2, 0.25) is 0 Å². The minimum Gasteiger partial charge on any atom is -0.480 e. The molecule has 5 atom stereocenters. The van der Waals surface area contributed by atoms with Crippen molar-refractivity contribution in [1.29, 1.82) is 0 Å². The van der Waals surface area contributed by atoms with Gasteiger partial charge >= 0.3 is 5.97 Å². The van der Waals surface area contributed by atoms with Crippen LogP contribution in [0.3, 0.4) is 0 Å². The lowest BCUT2D eigenvalue weighted by molar-refractivity contribution is -0.142. The molecule has 0 saturated carbocycles. The van der Waals surface area contributed by atoms with E-state index in [1.54, 1.807) is 6.92 Å². The fraction of sp³-hybridized carbons (Fsp3) is 0.773. The highest BCUT2D eigenvalue weighted by Gasteiger charge is 2.32. The van der Waals surface area contributed by atoms with Crippen LogP contribution in [0, 0.1) is 5.92 Å². The number of hydrogen-bond donors (Lipinski definition) is 7. The number of nitrogens with two attached hydrogens (primary N) is 3. The van der Waals surface area contributed by atoms with Crippen LogP contribution in [0.25, 0.3) is 0 Å². The maximum absolute atomic E-state index is 13.1. The van der Waals surface area contributed by atoms with Crippen LogP contribution in [-0.4, -0.2) is 77.4 Å². The fourth-order valence-corrected chi connectivity index (χ4v) is 3.66. The van der Waals surface area contributed by atoms with Gasteiger partial charge in [0.1, 0.15) is 18.1 Å². The first-order valence-corrected chi connectivity index (χ1v) is 13.2. The smallest absolute Gasteiger partial charge is 0.326 e. The first-order valence-electron chi connectivity index (χ1n) is 11.8. The standard InChI is InChI=1S/C22H42N6O6S/c1-4-13(2)18(28-19(30)14(24)7-5-6-11-23)21(32)26-15(8-9-17(25)29)20(31)27-16(22(33)34)10-12-35-3/h13-16,18H,4-12,23-24H2,1-3H3,(H2,25,29)(H,26,32)(H,27,31)(H,28,30)(H,33,34). The second-order valence-corrected chi connectivity index (χ2v) is 9.50. The van der Waals surface area contributed by atoms with E-state index in [0.717, 1.165) is 6.42 Å². The van der Waals surface area contributed by atoms with Crippen molar-refractivity contribution in [2.75, 3.05) is 18.6 Å². The van der Waals surface area contributed by atoms with Gasteiger partial charge in [-0.05, 0) is 50.2 Å². The van der Waals surface area contributed by atoms with Crippen LogP contribution in [0.1, 0.15) is 58.8 Å². The van der Waals surface area contributed by atoms with Crippen molar-refractivity contribution in [3.05, 3.63) is 0 Å². The Morgan fingerprint density at radius 2 is 1.54 bits per heavy atom. The minimum atomic E-state index is -1.21. The molecule has 12 nitrogen and oxygen atoms in total. The first-order chi connectivity index (χ1) is 16.5. The summed E-state index contributed by atoms with van der Waals surface area (Å²) in [6.45, 7) is 4.10. The summed E-state index contributed by atoms with van der Waals surface area (Å²) in [6, 6.07) is -4.17. The van der Waals surface area contributed by atoms with Crippen LogP contribution in [-0.2, 0) is 24.0 Å². The van der Waals surface area contributed by atoms with Gasteiger partial charge < -0.3 is 38.3 Å². The number of carbonyl (C=O) groups is 5. The van der Waals surface area contributed by atoms with Crippen molar-refractivity contribution in [1.82, 2.24) is 16.0 Å². The summed E-state index contributed by atoms with van der Waals surface area (Å²) in [5, 5.41) is 17.0. The number of rotatable bonds is 19. The van der Waals surface area contributed by atoms with Crippen molar-refractivity contribution in [2.24, 2.45) is 23.1 Å². The number of amides is 4. The lowest BCUT2D eigenvalue weighted by Gasteiger charge is -2.28. The molecule has 0 aliphatic heterocycles. The molecule has 0 aliphatic carbocycles. The third-order valence-electron chi connectivity index (χ3n) is 5.64. The topological polar surface area (TPSA) is 220 Å². The zero-order valence-corrected chi connectivity index (χ0v) is 21.7. The molecule has 0 aromatic heterocycles. The van der Waals surface area contributed by atoms with Crippen molar-refractivity contribution in [2.45, 2.75) is 83.0 Å². The molecular formula is C22H42N6O6S. The highest BCUT2D eigenvalue weighted by Crippen LogP contribution is 2.11. The number of nitrogens with one attached hydrogen (secondary N) is 3. The van der Waals surface area contributed by atoms with E-state index in [2.05, 4.69) is 16.0 Å². The Morgan fingerprint density at radius 1 is 0.914 bits per heavy atom. The van der Waals surface area contributed by atoms with Gasteiger partial charge in [0.15, 0.2) is 0 Å². The van der Waals surface area contributed by atoms with Gasteiger partial charge in [-0.15, -0.1) is 0 Å². The monoisotopic (exact) mass is 518 g/mol. The van der Waals surface area contributed by atoms with Gasteiger partial charge in [-0.25, -0.2) is 4.79 Å². The number of carbonyl (C=O) groups excluding carboxylic acids is 4. The molecule has 0 aromatic rings. The quantitative estimate of drug-likeness (QED) is 0.105. The third kappa shape index (κ3) is 13.3. The summed E-state index contributed by atoms with van der Waals surface area (Å²) in [4.78, 5) is 61.3. The van der Waals surface area contributed by atoms with Gasteiger partial charge in [-0.3, -0.25) is 19.2 Å². The molecule has 35 heavy (non-hydrogen) atoms. The Hall–Kier alpha value is -2.38. The van der Waals surface area contributed by atoms with Crippen LogP contribution in [0.15, 0.2) is 0 Å². The van der Waals surface area contributed by atoms with Gasteiger partial charge in [0.25, 0.3) is 0 Å². The lowest BCUT2D eigenvalue weighted by Crippen LogP contribution is -2.58. The molecule has 0 radical (unpaired) electrons. The van der Waals surface area contributed by atoms with E-state index in [4.69, 9.17) is 17.2 Å². The molecule has 0 heterocycles. The summed E-state index contributed by atoms with van der Waals surface area (Å²) in [6.07, 6.45) is 4.02. The fourth-order valence-electron chi connectivity index (χ4n) is 3.18. The lowest BCUT2D eigenvalue weighted by atomic mass is 9.96. The minimum absolute atomic E-state index is 0.123. The molecule has 13 heteroatoms. The van der Waals surface area contributed by atoms with E-state index in [0.29, 0.717) is 31.6 Å². The van der Waals surface area contributed by atoms with E-state index in [-0.39, 0.29) is 25.2 Å². The Balaban J connectivity index is 5.51. The zero-order chi connectivity index (χ0) is 27.0. The second-order valence-electron chi connectivity index (χ2n) is 8.51. The molecule has 0 bridgehead atoms. The number of carboxylic acid groups (broad SMARTS) is 1. The van der Waals surface area contributed by atoms with E-state index in [1.807, 2.05) is 13.2 Å². The molecule has 0 spiro atoms. The summed E-state index contributed by atoms with van der Waals surface area (Å²) in [7, 11) is 0. The van der Waals surface area contributed by atoms with E-state index >= 15 is 0 Å². The predicted octanol–water partition coefficient (Wildman–Crippen LogP) is -0.954.